The lowest BCUT2D eigenvalue weighted by atomic mass is 10.0. The molecule has 2 aromatic rings. The molecule has 0 radical (unpaired) electrons. The average Bonchev–Trinajstić information content (AvgIpc) is 2.62. The van der Waals surface area contributed by atoms with E-state index in [2.05, 4.69) is 4.99 Å². The lowest BCUT2D eigenvalue weighted by Gasteiger charge is -2.12. The van der Waals surface area contributed by atoms with Gasteiger partial charge in [-0.15, -0.1) is 0 Å². The van der Waals surface area contributed by atoms with Crippen LogP contribution in [0.4, 0.5) is 4.39 Å². The Morgan fingerprint density at radius 2 is 1.73 bits per heavy atom. The van der Waals surface area contributed by atoms with Crippen molar-refractivity contribution in [3.63, 3.8) is 0 Å². The number of nitrogens with zero attached hydrogens (tertiary/aromatic N) is 1. The van der Waals surface area contributed by atoms with Crippen molar-refractivity contribution in [1.29, 1.82) is 0 Å². The van der Waals surface area contributed by atoms with Gasteiger partial charge in [-0.25, -0.2) is 9.18 Å². The first-order valence-corrected chi connectivity index (χ1v) is 8.07. The summed E-state index contributed by atoms with van der Waals surface area (Å²) in [4.78, 5) is 28.6. The molecule has 0 fully saturated rings. The number of aromatic hydroxyl groups is 1. The van der Waals surface area contributed by atoms with Crippen LogP contribution in [0.5, 0.6) is 5.75 Å². The summed E-state index contributed by atoms with van der Waals surface area (Å²) in [5.74, 6) is -0.995. The summed E-state index contributed by atoms with van der Waals surface area (Å²) in [5, 5.41) is 9.34. The number of esters is 1. The van der Waals surface area contributed by atoms with Gasteiger partial charge in [0.05, 0.1) is 7.11 Å². The first-order chi connectivity index (χ1) is 12.4. The molecule has 2 rings (SSSR count). The molecular weight excluding hydrogens is 337 g/mol. The summed E-state index contributed by atoms with van der Waals surface area (Å²) >= 11 is 0. The molecule has 136 valence electrons. The highest BCUT2D eigenvalue weighted by molar-refractivity contribution is 6.09. The van der Waals surface area contributed by atoms with Crippen LogP contribution in [0.15, 0.2) is 53.5 Å². The molecule has 0 aliphatic heterocycles. The number of halogens is 1. The molecule has 1 unspecified atom stereocenters. The third kappa shape index (κ3) is 5.51. The summed E-state index contributed by atoms with van der Waals surface area (Å²) in [6.45, 7) is 1.66. The van der Waals surface area contributed by atoms with Crippen molar-refractivity contribution in [3.8, 4) is 5.75 Å². The van der Waals surface area contributed by atoms with E-state index in [1.165, 1.54) is 43.5 Å². The van der Waals surface area contributed by atoms with Crippen LogP contribution < -0.4 is 0 Å². The molecule has 1 atom stereocenters. The Labute approximate surface area is 151 Å². The van der Waals surface area contributed by atoms with Gasteiger partial charge >= 0.3 is 5.97 Å². The average molecular weight is 357 g/mol. The zero-order valence-electron chi connectivity index (χ0n) is 14.6. The van der Waals surface area contributed by atoms with Gasteiger partial charge in [-0.05, 0) is 48.9 Å². The van der Waals surface area contributed by atoms with Gasteiger partial charge in [0.15, 0.2) is 11.8 Å². The van der Waals surface area contributed by atoms with Crippen LogP contribution in [-0.2, 0) is 16.0 Å². The highest BCUT2D eigenvalue weighted by Crippen LogP contribution is 2.14. The lowest BCUT2D eigenvalue weighted by Crippen LogP contribution is -2.24. The van der Waals surface area contributed by atoms with E-state index in [1.807, 2.05) is 0 Å². The highest BCUT2D eigenvalue weighted by Gasteiger charge is 2.20. The summed E-state index contributed by atoms with van der Waals surface area (Å²) in [6, 6.07) is 10.9. The van der Waals surface area contributed by atoms with Crippen molar-refractivity contribution in [2.75, 3.05) is 7.11 Å². The van der Waals surface area contributed by atoms with Gasteiger partial charge in [-0.3, -0.25) is 9.79 Å². The van der Waals surface area contributed by atoms with Gasteiger partial charge in [0.25, 0.3) is 0 Å². The number of aliphatic imine (C=N–C) groups is 1. The van der Waals surface area contributed by atoms with E-state index < -0.39 is 17.8 Å². The summed E-state index contributed by atoms with van der Waals surface area (Å²) in [5.41, 5.74) is 1.67. The molecule has 0 aromatic heterocycles. The lowest BCUT2D eigenvalue weighted by molar-refractivity contribution is -0.142. The normalized spacial score (nSPS) is 12.5. The number of rotatable bonds is 7. The van der Waals surface area contributed by atoms with Gasteiger partial charge in [-0.2, -0.15) is 0 Å². The molecule has 1 N–H and O–H groups in total. The largest absolute Gasteiger partial charge is 0.508 e. The summed E-state index contributed by atoms with van der Waals surface area (Å²) in [7, 11) is 1.28. The Bertz CT molecular complexity index is 798. The predicted molar refractivity (Wildman–Crippen MR) is 96.1 cm³/mol. The zero-order valence-corrected chi connectivity index (χ0v) is 14.6. The molecule has 0 bridgehead atoms. The number of hydrogen-bond donors (Lipinski definition) is 1. The smallest absolute Gasteiger partial charge is 0.330 e. The van der Waals surface area contributed by atoms with Crippen molar-refractivity contribution in [1.82, 2.24) is 0 Å². The minimum absolute atomic E-state index is 0.0225. The van der Waals surface area contributed by atoms with Gasteiger partial charge in [0.1, 0.15) is 11.6 Å². The highest BCUT2D eigenvalue weighted by atomic mass is 19.1. The van der Waals surface area contributed by atoms with Crippen LogP contribution in [0.2, 0.25) is 0 Å². The topological polar surface area (TPSA) is 76.0 Å². The minimum atomic E-state index is -0.787. The third-order valence-corrected chi connectivity index (χ3v) is 3.80. The van der Waals surface area contributed by atoms with Crippen LogP contribution in [-0.4, -0.2) is 35.7 Å². The Morgan fingerprint density at radius 1 is 1.12 bits per heavy atom. The van der Waals surface area contributed by atoms with Crippen molar-refractivity contribution >= 4 is 17.5 Å². The van der Waals surface area contributed by atoms with Crippen LogP contribution in [0.1, 0.15) is 29.3 Å². The van der Waals surface area contributed by atoms with E-state index in [0.717, 1.165) is 5.56 Å². The van der Waals surface area contributed by atoms with E-state index >= 15 is 0 Å². The number of methoxy groups -OCH3 is 1. The number of Topliss-reactive ketones (excluding diaryl/α,β-unsaturated/α-hetero) is 1. The van der Waals surface area contributed by atoms with Crippen LogP contribution in [0, 0.1) is 5.82 Å². The summed E-state index contributed by atoms with van der Waals surface area (Å²) in [6.07, 6.45) is 0.309. The van der Waals surface area contributed by atoms with Gasteiger partial charge in [-0.1, -0.05) is 12.1 Å². The predicted octanol–water partition coefficient (Wildman–Crippen LogP) is 3.35. The number of hydrogen-bond acceptors (Lipinski definition) is 5. The quantitative estimate of drug-likeness (QED) is 0.468. The van der Waals surface area contributed by atoms with Crippen molar-refractivity contribution in [2.45, 2.75) is 25.8 Å². The molecule has 0 amide bonds. The molecular formula is C20H20FNO4. The second-order valence-corrected chi connectivity index (χ2v) is 5.88. The van der Waals surface area contributed by atoms with E-state index in [9.17, 15) is 19.1 Å². The van der Waals surface area contributed by atoms with Crippen molar-refractivity contribution < 1.29 is 23.8 Å². The number of benzene rings is 2. The Morgan fingerprint density at radius 3 is 2.31 bits per heavy atom. The SMILES string of the molecule is COC(=O)C(Cc1ccc(O)cc1)N=C(C)CC(=O)c1ccc(F)cc1. The third-order valence-electron chi connectivity index (χ3n) is 3.80. The maximum absolute atomic E-state index is 12.9. The van der Waals surface area contributed by atoms with E-state index in [1.54, 1.807) is 19.1 Å². The minimum Gasteiger partial charge on any atom is -0.508 e. The number of phenols is 1. The molecule has 0 aliphatic rings. The second-order valence-electron chi connectivity index (χ2n) is 5.88. The first kappa shape index (κ1) is 19.3. The van der Waals surface area contributed by atoms with E-state index in [0.29, 0.717) is 11.3 Å². The number of ether oxygens (including phenoxy) is 1. The molecule has 0 spiro atoms. The number of ketones is 1. The molecule has 6 heteroatoms. The monoisotopic (exact) mass is 357 g/mol. The number of phenolic OH excluding ortho intramolecular Hbond substituents is 1. The number of carbonyl (C=O) groups excluding carboxylic acids is 2. The maximum Gasteiger partial charge on any atom is 0.330 e. The fourth-order valence-electron chi connectivity index (χ4n) is 2.45. The molecule has 0 saturated carbocycles. The fraction of sp³-hybridized carbons (Fsp3) is 0.250. The van der Waals surface area contributed by atoms with Crippen LogP contribution in [0.25, 0.3) is 0 Å². The van der Waals surface area contributed by atoms with Crippen LogP contribution >= 0.6 is 0 Å². The van der Waals surface area contributed by atoms with Gasteiger partial charge < -0.3 is 9.84 Å². The Hall–Kier alpha value is -3.02. The Kier molecular flexibility index (Phi) is 6.60. The second kappa shape index (κ2) is 8.89. The first-order valence-electron chi connectivity index (χ1n) is 8.07. The Balaban J connectivity index is 2.11. The van der Waals surface area contributed by atoms with Crippen LogP contribution in [0.3, 0.4) is 0 Å². The van der Waals surface area contributed by atoms with E-state index in [4.69, 9.17) is 4.74 Å². The maximum atomic E-state index is 12.9. The standard InChI is InChI=1S/C20H20FNO4/c1-13(11-19(24)15-5-7-16(21)8-6-15)22-18(20(25)26-2)12-14-3-9-17(23)10-4-14/h3-10,18,23H,11-12H2,1-2H3. The molecule has 0 heterocycles. The molecule has 5 nitrogen and oxygen atoms in total. The molecule has 26 heavy (non-hydrogen) atoms. The zero-order chi connectivity index (χ0) is 19.1. The number of carbonyl (C=O) groups is 2. The summed E-state index contributed by atoms with van der Waals surface area (Å²) < 4.78 is 17.7. The van der Waals surface area contributed by atoms with Gasteiger partial charge in [0, 0.05) is 24.1 Å². The molecule has 0 saturated heterocycles. The molecule has 2 aromatic carbocycles. The van der Waals surface area contributed by atoms with E-state index in [-0.39, 0.29) is 24.4 Å². The van der Waals surface area contributed by atoms with Crippen molar-refractivity contribution in [3.05, 3.63) is 65.5 Å². The fourth-order valence-corrected chi connectivity index (χ4v) is 2.45. The van der Waals surface area contributed by atoms with Gasteiger partial charge in [0.2, 0.25) is 0 Å². The van der Waals surface area contributed by atoms with Crippen molar-refractivity contribution in [2.24, 2.45) is 4.99 Å². The molecule has 0 aliphatic carbocycles.